The van der Waals surface area contributed by atoms with Gasteiger partial charge in [-0.2, -0.15) is 0 Å². The van der Waals surface area contributed by atoms with Gasteiger partial charge in [-0.15, -0.1) is 0 Å². The summed E-state index contributed by atoms with van der Waals surface area (Å²) < 4.78 is 2.95. The number of fused-ring (bicyclic) bond motifs is 4. The number of hydrogen-bond donors (Lipinski definition) is 0. The Morgan fingerprint density at radius 2 is 1.24 bits per heavy atom. The van der Waals surface area contributed by atoms with E-state index >= 15 is 0 Å². The molecule has 6 heteroatoms. The van der Waals surface area contributed by atoms with Crippen LogP contribution in [0.2, 0.25) is 18.6 Å². The first-order valence-corrected chi connectivity index (χ1v) is 25.6. The summed E-state index contributed by atoms with van der Waals surface area (Å²) in [4.78, 5) is 0. The zero-order chi connectivity index (χ0) is 36.2. The average Bonchev–Trinajstić information content (AvgIpc) is 3.55. The molecule has 2 nitrogen and oxygen atoms in total. The van der Waals surface area contributed by atoms with E-state index in [1.54, 1.807) is 0 Å². The molecule has 7 rings (SSSR count). The molecule has 1 aliphatic heterocycles. The monoisotopic (exact) mass is 772 g/mol. The fraction of sp³-hybridized carbons (Fsp3) is 0.444. The van der Waals surface area contributed by atoms with Gasteiger partial charge in [-0.1, -0.05) is 189 Å². The van der Waals surface area contributed by atoms with Crippen LogP contribution in [-0.2, 0) is 17.0 Å². The molecular formula is C45H58Cl2N2SiTi-2. The van der Waals surface area contributed by atoms with Gasteiger partial charge in [0.2, 0.25) is 0 Å². The van der Waals surface area contributed by atoms with Gasteiger partial charge in [0.1, 0.15) is 8.24 Å². The maximum atomic E-state index is 5.72. The van der Waals surface area contributed by atoms with E-state index in [9.17, 15) is 0 Å². The fourth-order valence-corrected chi connectivity index (χ4v) is 15.2. The number of benzene rings is 2. The molecule has 4 aliphatic carbocycles. The van der Waals surface area contributed by atoms with Crippen molar-refractivity contribution in [2.24, 2.45) is 34.5 Å². The molecule has 0 aromatic heterocycles. The van der Waals surface area contributed by atoms with Crippen LogP contribution in [-0.4, -0.2) is 30.5 Å². The van der Waals surface area contributed by atoms with Gasteiger partial charge < -0.3 is 17.3 Å². The zero-order valence-corrected chi connectivity index (χ0v) is 36.7. The Morgan fingerprint density at radius 3 is 1.76 bits per heavy atom. The van der Waals surface area contributed by atoms with Crippen molar-refractivity contribution in [2.45, 2.75) is 91.8 Å². The summed E-state index contributed by atoms with van der Waals surface area (Å²) >= 11 is -0.556. The van der Waals surface area contributed by atoms with Crippen molar-refractivity contribution < 1.29 is 17.0 Å². The second-order valence-electron chi connectivity index (χ2n) is 17.9. The number of allylic oxidation sites excluding steroid dienone is 10. The number of hydrogen-bond acceptors (Lipinski definition) is 1. The third kappa shape index (κ3) is 7.79. The van der Waals surface area contributed by atoms with Gasteiger partial charge in [-0.25, -0.2) is 0 Å². The van der Waals surface area contributed by atoms with Crippen molar-refractivity contribution in [2.75, 3.05) is 0 Å². The third-order valence-corrected chi connectivity index (χ3v) is 16.4. The summed E-state index contributed by atoms with van der Waals surface area (Å²) in [7, 11) is 7.61. The number of nitrogens with zero attached hydrogens (tertiary/aromatic N) is 2. The van der Waals surface area contributed by atoms with Crippen LogP contribution in [0.3, 0.4) is 0 Å². The van der Waals surface area contributed by atoms with Crippen LogP contribution in [0.15, 0.2) is 120 Å². The van der Waals surface area contributed by atoms with Gasteiger partial charge in [-0.3, -0.25) is 0 Å². The van der Waals surface area contributed by atoms with Gasteiger partial charge in [0.25, 0.3) is 0 Å². The number of rotatable bonds is 4. The molecule has 1 saturated carbocycles. The molecule has 0 bridgehead atoms. The summed E-state index contributed by atoms with van der Waals surface area (Å²) in [5, 5.41) is 5.72. The normalized spacial score (nSPS) is 29.3. The van der Waals surface area contributed by atoms with Crippen molar-refractivity contribution in [1.29, 1.82) is 0 Å². The van der Waals surface area contributed by atoms with Crippen LogP contribution in [0.25, 0.3) is 22.0 Å². The van der Waals surface area contributed by atoms with Crippen LogP contribution in [0.1, 0.15) is 61.0 Å². The summed E-state index contributed by atoms with van der Waals surface area (Å²) in [6, 6.07) is 20.3. The van der Waals surface area contributed by atoms with E-state index in [-0.39, 0.29) is 36.0 Å². The van der Waals surface area contributed by atoms with E-state index in [4.69, 9.17) is 23.9 Å². The Morgan fingerprint density at radius 1 is 0.725 bits per heavy atom. The van der Waals surface area contributed by atoms with Crippen LogP contribution < -0.4 is 0 Å². The first-order chi connectivity index (χ1) is 23.5. The average molecular weight is 774 g/mol. The van der Waals surface area contributed by atoms with Crippen LogP contribution in [0.5, 0.6) is 0 Å². The Kier molecular flexibility index (Phi) is 12.1. The van der Waals surface area contributed by atoms with Crippen molar-refractivity contribution >= 4 is 32.4 Å². The molecule has 5 aliphatic rings. The van der Waals surface area contributed by atoms with E-state index in [2.05, 4.69) is 182 Å². The first-order valence-electron chi connectivity index (χ1n) is 18.3. The van der Waals surface area contributed by atoms with Gasteiger partial charge in [-0.05, 0) is 73.9 Å². The topological polar surface area (TPSA) is 17.3 Å². The van der Waals surface area contributed by atoms with Crippen molar-refractivity contribution in [1.82, 2.24) is 4.57 Å². The molecule has 6 atom stereocenters. The van der Waals surface area contributed by atoms with Gasteiger partial charge in [0, 0.05) is 6.04 Å². The van der Waals surface area contributed by atoms with Crippen molar-refractivity contribution in [3.63, 3.8) is 0 Å². The summed E-state index contributed by atoms with van der Waals surface area (Å²) in [5.74, 6) is 2.17. The molecule has 0 N–H and O–H groups in total. The summed E-state index contributed by atoms with van der Waals surface area (Å²) in [6.45, 7) is 24.4. The maximum absolute atomic E-state index is 5.72. The Hall–Kier alpha value is -1.69. The SMILES string of the molecule is CC(C)(C)C1=CC2C(C=C1)C1C=CC(C(C)(C)C)=CC1C2[Si](C)(C)N1[C@@H]2C=CC=C(c3cccc(-c4ccccc4)c3)C2[N-]C1(C)C.[CH3-].[Cl][Ti][Cl]. The molecule has 272 valence electrons. The zero-order valence-electron chi connectivity index (χ0n) is 32.6. The predicted molar refractivity (Wildman–Crippen MR) is 223 cm³/mol. The molecule has 51 heavy (non-hydrogen) atoms. The van der Waals surface area contributed by atoms with Crippen LogP contribution in [0, 0.1) is 41.9 Å². The Bertz CT molecular complexity index is 1700. The second kappa shape index (κ2) is 15.2. The van der Waals surface area contributed by atoms with Crippen molar-refractivity contribution in [3.8, 4) is 11.1 Å². The summed E-state index contributed by atoms with van der Waals surface area (Å²) in [5.41, 5.74) is 8.77. The van der Waals surface area contributed by atoms with E-state index < -0.39 is 25.3 Å². The van der Waals surface area contributed by atoms with Gasteiger partial charge in [0.15, 0.2) is 0 Å². The molecular weight excluding hydrogens is 715 g/mol. The Balaban J connectivity index is 0.00000122. The van der Waals surface area contributed by atoms with E-state index in [0.29, 0.717) is 29.2 Å². The third-order valence-electron chi connectivity index (χ3n) is 11.9. The van der Waals surface area contributed by atoms with Crippen LogP contribution in [0.4, 0.5) is 0 Å². The van der Waals surface area contributed by atoms with Gasteiger partial charge >= 0.3 is 35.6 Å². The molecule has 2 fully saturated rings. The Labute approximate surface area is 328 Å². The minimum absolute atomic E-state index is 0. The van der Waals surface area contributed by atoms with Crippen LogP contribution >= 0.6 is 18.6 Å². The predicted octanol–water partition coefficient (Wildman–Crippen LogP) is 13.4. The van der Waals surface area contributed by atoms with E-state index in [1.807, 2.05) is 0 Å². The molecule has 0 radical (unpaired) electrons. The first kappa shape index (κ1) is 40.5. The molecule has 1 heterocycles. The molecule has 0 spiro atoms. The fourth-order valence-electron chi connectivity index (χ4n) is 9.92. The second-order valence-corrected chi connectivity index (χ2v) is 24.9. The molecule has 0 amide bonds. The quantitative estimate of drug-likeness (QED) is 0.223. The molecule has 2 aromatic carbocycles. The molecule has 1 saturated heterocycles. The van der Waals surface area contributed by atoms with Gasteiger partial charge in [0.05, 0.1) is 0 Å². The minimum atomic E-state index is -2.16. The molecule has 5 unspecified atom stereocenters. The summed E-state index contributed by atoms with van der Waals surface area (Å²) in [6.07, 6.45) is 22.7. The van der Waals surface area contributed by atoms with E-state index in [1.165, 1.54) is 33.4 Å². The standard InChI is InChI=1S/C44H55N2Si.CH3.2ClH.Ti/c1-42(2,3)32-22-24-35-36-25-23-33(43(4,5)6)28-38(36)41(37(35)27-32)47(9,10)46-39-21-15-20-34(40(39)45-44(46,7)8)31-19-14-18-30(26-31)29-16-12-11-13-17-29;;;;/h11-28,35-41H,1-10H3;1H3;2*1H;/q2*-1;;;+2/p-2/t35?,36?,37?,38?,39-,40?,41?;;;;/m1..../s1. The molecule has 2 aromatic rings. The van der Waals surface area contributed by atoms with Crippen molar-refractivity contribution in [3.05, 3.63) is 139 Å². The van der Waals surface area contributed by atoms with E-state index in [0.717, 1.165) is 0 Å². The number of halogens is 2.